The first-order chi connectivity index (χ1) is 13.5. The summed E-state index contributed by atoms with van der Waals surface area (Å²) in [6.45, 7) is 2.51. The molecule has 2 aromatic heterocycles. The molecule has 0 saturated carbocycles. The lowest BCUT2D eigenvalue weighted by atomic mass is 10.1. The third-order valence-electron chi connectivity index (χ3n) is 5.11. The summed E-state index contributed by atoms with van der Waals surface area (Å²) in [5.41, 5.74) is 2.26. The molecule has 0 radical (unpaired) electrons. The van der Waals surface area contributed by atoms with Crippen molar-refractivity contribution in [1.29, 1.82) is 0 Å². The maximum absolute atomic E-state index is 12.7. The number of carbonyl (C=O) groups is 2. The monoisotopic (exact) mass is 399 g/mol. The van der Waals surface area contributed by atoms with Crippen molar-refractivity contribution in [1.82, 2.24) is 14.0 Å². The van der Waals surface area contributed by atoms with Gasteiger partial charge < -0.3 is 9.64 Å². The van der Waals surface area contributed by atoms with Crippen LogP contribution in [0.2, 0.25) is 0 Å². The van der Waals surface area contributed by atoms with E-state index in [2.05, 4.69) is 0 Å². The Morgan fingerprint density at radius 3 is 2.75 bits per heavy atom. The van der Waals surface area contributed by atoms with Gasteiger partial charge in [0.15, 0.2) is 6.10 Å². The number of esters is 1. The number of hydrogen-bond acceptors (Lipinski definition) is 5. The number of thiophene rings is 1. The number of aryl methyl sites for hydroxylation is 1. The van der Waals surface area contributed by atoms with Crippen LogP contribution in [0, 0.1) is 0 Å². The molecule has 1 unspecified atom stereocenters. The third kappa shape index (κ3) is 3.24. The fourth-order valence-corrected chi connectivity index (χ4v) is 4.51. The zero-order valence-corrected chi connectivity index (χ0v) is 16.6. The van der Waals surface area contributed by atoms with Crippen LogP contribution in [0.15, 0.2) is 40.5 Å². The topological polar surface area (TPSA) is 73.5 Å². The summed E-state index contributed by atoms with van der Waals surface area (Å²) >= 11 is 1.71. The van der Waals surface area contributed by atoms with Crippen LogP contribution < -0.4 is 5.69 Å². The Labute approximate surface area is 165 Å². The van der Waals surface area contributed by atoms with Gasteiger partial charge in [-0.2, -0.15) is 0 Å². The van der Waals surface area contributed by atoms with Gasteiger partial charge >= 0.3 is 11.7 Å². The quantitative estimate of drug-likeness (QED) is 0.629. The van der Waals surface area contributed by atoms with Gasteiger partial charge in [-0.15, -0.1) is 11.3 Å². The smallest absolute Gasteiger partial charge is 0.329 e. The van der Waals surface area contributed by atoms with E-state index in [9.17, 15) is 14.4 Å². The van der Waals surface area contributed by atoms with Crippen LogP contribution in [0.4, 0.5) is 0 Å². The van der Waals surface area contributed by atoms with E-state index >= 15 is 0 Å². The number of rotatable bonds is 4. The van der Waals surface area contributed by atoms with Gasteiger partial charge in [0, 0.05) is 25.0 Å². The molecule has 3 heterocycles. The molecule has 0 fully saturated rings. The zero-order chi connectivity index (χ0) is 19.8. The molecular weight excluding hydrogens is 378 g/mol. The van der Waals surface area contributed by atoms with Crippen LogP contribution in [-0.4, -0.2) is 38.6 Å². The summed E-state index contributed by atoms with van der Waals surface area (Å²) in [7, 11) is 1.66. The molecule has 0 bridgehead atoms. The van der Waals surface area contributed by atoms with Crippen molar-refractivity contribution in [3.63, 3.8) is 0 Å². The van der Waals surface area contributed by atoms with Gasteiger partial charge in [-0.1, -0.05) is 12.1 Å². The first-order valence-corrected chi connectivity index (χ1v) is 10.0. The molecular formula is C20H21N3O4S. The van der Waals surface area contributed by atoms with Gasteiger partial charge in [0.2, 0.25) is 0 Å². The highest BCUT2D eigenvalue weighted by Gasteiger charge is 2.27. The van der Waals surface area contributed by atoms with Crippen LogP contribution in [-0.2, 0) is 40.9 Å². The molecule has 146 valence electrons. The van der Waals surface area contributed by atoms with Crippen LogP contribution in [0.1, 0.15) is 17.4 Å². The van der Waals surface area contributed by atoms with Gasteiger partial charge in [0.05, 0.1) is 11.0 Å². The number of imidazole rings is 1. The number of para-hydroxylation sites is 2. The molecule has 1 aliphatic rings. The molecule has 1 amide bonds. The number of amides is 1. The van der Waals surface area contributed by atoms with E-state index in [1.54, 1.807) is 36.3 Å². The molecule has 0 N–H and O–H groups in total. The molecule has 1 aromatic carbocycles. The molecule has 0 saturated heterocycles. The Bertz CT molecular complexity index is 1110. The lowest BCUT2D eigenvalue weighted by Gasteiger charge is -2.29. The second kappa shape index (κ2) is 7.27. The van der Waals surface area contributed by atoms with E-state index < -0.39 is 12.1 Å². The fourth-order valence-electron chi connectivity index (χ4n) is 3.62. The average molecular weight is 399 g/mol. The maximum Gasteiger partial charge on any atom is 0.329 e. The molecule has 4 rings (SSSR count). The van der Waals surface area contributed by atoms with Crippen molar-refractivity contribution in [2.75, 3.05) is 6.54 Å². The number of nitrogens with zero attached hydrogens (tertiary/aromatic N) is 3. The highest BCUT2D eigenvalue weighted by atomic mass is 32.1. The minimum absolute atomic E-state index is 0.213. The SMILES string of the molecule is CC(OC(=O)Cn1c(=O)n(C)c2ccccc21)C(=O)N1CCc2sccc2C1. The molecule has 1 aliphatic heterocycles. The first-order valence-electron chi connectivity index (χ1n) is 9.13. The second-order valence-corrected chi connectivity index (χ2v) is 7.93. The highest BCUT2D eigenvalue weighted by molar-refractivity contribution is 7.10. The Balaban J connectivity index is 1.44. The van der Waals surface area contributed by atoms with E-state index in [1.807, 2.05) is 29.6 Å². The van der Waals surface area contributed by atoms with Crippen LogP contribution in [0.3, 0.4) is 0 Å². The molecule has 7 nitrogen and oxygen atoms in total. The normalized spacial score (nSPS) is 14.7. The lowest BCUT2D eigenvalue weighted by Crippen LogP contribution is -2.42. The van der Waals surface area contributed by atoms with Gasteiger partial charge in [-0.3, -0.25) is 18.7 Å². The van der Waals surface area contributed by atoms with E-state index in [1.165, 1.54) is 14.0 Å². The first kappa shape index (κ1) is 18.5. The minimum atomic E-state index is -0.890. The molecule has 8 heteroatoms. The Morgan fingerprint density at radius 2 is 1.96 bits per heavy atom. The van der Waals surface area contributed by atoms with Crippen molar-refractivity contribution in [3.8, 4) is 0 Å². The van der Waals surface area contributed by atoms with Gasteiger partial charge in [-0.05, 0) is 42.5 Å². The number of carbonyl (C=O) groups excluding carboxylic acids is 2. The predicted molar refractivity (Wildman–Crippen MR) is 106 cm³/mol. The van der Waals surface area contributed by atoms with E-state index in [-0.39, 0.29) is 18.1 Å². The molecule has 0 aliphatic carbocycles. The van der Waals surface area contributed by atoms with Crippen molar-refractivity contribution in [2.24, 2.45) is 7.05 Å². The standard InChI is InChI=1S/C20H21N3O4S/c1-13(19(25)22-9-7-17-14(11-22)8-10-28-17)27-18(24)12-23-16-6-4-3-5-15(16)21(2)20(23)26/h3-6,8,10,13H,7,9,11-12H2,1-2H3. The average Bonchev–Trinajstić information content (AvgIpc) is 3.26. The van der Waals surface area contributed by atoms with Gasteiger partial charge in [0.1, 0.15) is 6.54 Å². The highest BCUT2D eigenvalue weighted by Crippen LogP contribution is 2.24. The predicted octanol–water partition coefficient (Wildman–Crippen LogP) is 1.92. The molecule has 0 spiro atoms. The van der Waals surface area contributed by atoms with Crippen LogP contribution in [0.5, 0.6) is 0 Å². The molecule has 1 atom stereocenters. The van der Waals surface area contributed by atoms with E-state index in [4.69, 9.17) is 4.74 Å². The van der Waals surface area contributed by atoms with Crippen molar-refractivity contribution in [3.05, 3.63) is 56.6 Å². The summed E-state index contributed by atoms with van der Waals surface area (Å²) in [5.74, 6) is -0.817. The number of ether oxygens (including phenoxy) is 1. The van der Waals surface area contributed by atoms with Gasteiger partial charge in [0.25, 0.3) is 5.91 Å². The number of hydrogen-bond donors (Lipinski definition) is 0. The maximum atomic E-state index is 12.7. The third-order valence-corrected chi connectivity index (χ3v) is 6.14. The van der Waals surface area contributed by atoms with Crippen molar-refractivity contribution in [2.45, 2.75) is 32.5 Å². The van der Waals surface area contributed by atoms with Gasteiger partial charge in [-0.25, -0.2) is 4.79 Å². The summed E-state index contributed by atoms with van der Waals surface area (Å²) in [6.07, 6.45) is -0.0662. The minimum Gasteiger partial charge on any atom is -0.451 e. The Morgan fingerprint density at radius 1 is 1.21 bits per heavy atom. The number of fused-ring (bicyclic) bond motifs is 2. The Kier molecular flexibility index (Phi) is 4.80. The number of benzene rings is 1. The van der Waals surface area contributed by atoms with Crippen molar-refractivity contribution < 1.29 is 14.3 Å². The van der Waals surface area contributed by atoms with Crippen LogP contribution in [0.25, 0.3) is 11.0 Å². The van der Waals surface area contributed by atoms with Crippen molar-refractivity contribution >= 4 is 34.2 Å². The summed E-state index contributed by atoms with van der Waals surface area (Å²) in [6, 6.07) is 9.28. The fraction of sp³-hybridized carbons (Fsp3) is 0.350. The van der Waals surface area contributed by atoms with Crippen LogP contribution >= 0.6 is 11.3 Å². The second-order valence-electron chi connectivity index (χ2n) is 6.93. The largest absolute Gasteiger partial charge is 0.451 e. The Hall–Kier alpha value is -2.87. The van der Waals surface area contributed by atoms with E-state index in [0.717, 1.165) is 17.5 Å². The summed E-state index contributed by atoms with van der Waals surface area (Å²) in [5, 5.41) is 2.03. The zero-order valence-electron chi connectivity index (χ0n) is 15.8. The lowest BCUT2D eigenvalue weighted by molar-refractivity contribution is -0.160. The van der Waals surface area contributed by atoms with E-state index in [0.29, 0.717) is 18.6 Å². The summed E-state index contributed by atoms with van der Waals surface area (Å²) in [4.78, 5) is 40.5. The molecule has 28 heavy (non-hydrogen) atoms. The summed E-state index contributed by atoms with van der Waals surface area (Å²) < 4.78 is 8.21. The molecule has 3 aromatic rings. The number of aromatic nitrogens is 2.